The van der Waals surface area contributed by atoms with Gasteiger partial charge in [-0.1, -0.05) is 6.07 Å². The second-order valence-electron chi connectivity index (χ2n) is 7.45. The lowest BCUT2D eigenvalue weighted by Crippen LogP contribution is -2.45. The van der Waals surface area contributed by atoms with Gasteiger partial charge in [-0.05, 0) is 58.7 Å². The Balaban J connectivity index is 2.98. The quantitative estimate of drug-likeness (QED) is 0.622. The van der Waals surface area contributed by atoms with Crippen LogP contribution in [-0.2, 0) is 14.8 Å². The van der Waals surface area contributed by atoms with Crippen molar-refractivity contribution in [2.75, 3.05) is 12.4 Å². The molecule has 1 aromatic carbocycles. The van der Waals surface area contributed by atoms with Crippen LogP contribution in [0.4, 0.5) is 10.5 Å². The highest BCUT2D eigenvalue weighted by molar-refractivity contribution is 7.89. The number of carbonyl (C=O) groups excluding carboxylic acids is 1. The molecular formula is C18H29N3O5S. The molecule has 0 bridgehead atoms. The minimum absolute atomic E-state index is 0.0679. The lowest BCUT2D eigenvalue weighted by Gasteiger charge is -2.26. The van der Waals surface area contributed by atoms with Crippen molar-refractivity contribution in [2.24, 2.45) is 0 Å². The van der Waals surface area contributed by atoms with Gasteiger partial charge in [0.25, 0.3) is 0 Å². The number of carbonyl (C=O) groups is 2. The number of benzene rings is 1. The summed E-state index contributed by atoms with van der Waals surface area (Å²) in [4.78, 5) is 23.1. The van der Waals surface area contributed by atoms with Gasteiger partial charge in [0.05, 0.1) is 4.90 Å². The molecule has 152 valence electrons. The first-order valence-corrected chi connectivity index (χ1v) is 10.1. The number of aryl methyl sites for hydroxylation is 1. The number of carboxylic acids is 1. The van der Waals surface area contributed by atoms with Gasteiger partial charge in [0, 0.05) is 30.7 Å². The van der Waals surface area contributed by atoms with Crippen LogP contribution in [0.15, 0.2) is 23.1 Å². The van der Waals surface area contributed by atoms with Crippen molar-refractivity contribution in [1.29, 1.82) is 0 Å². The Morgan fingerprint density at radius 1 is 1.26 bits per heavy atom. The van der Waals surface area contributed by atoms with Crippen LogP contribution in [0.3, 0.4) is 0 Å². The van der Waals surface area contributed by atoms with Gasteiger partial charge in [-0.3, -0.25) is 4.79 Å². The first-order valence-electron chi connectivity index (χ1n) is 8.66. The van der Waals surface area contributed by atoms with Crippen molar-refractivity contribution < 1.29 is 23.1 Å². The smallest absolute Gasteiger partial charge is 0.319 e. The van der Waals surface area contributed by atoms with Crippen LogP contribution in [0, 0.1) is 6.92 Å². The topological polar surface area (TPSA) is 116 Å². The fourth-order valence-electron chi connectivity index (χ4n) is 2.28. The summed E-state index contributed by atoms with van der Waals surface area (Å²) in [7, 11) is -2.17. The highest BCUT2D eigenvalue weighted by Crippen LogP contribution is 2.23. The van der Waals surface area contributed by atoms with Gasteiger partial charge in [0.15, 0.2) is 0 Å². The highest BCUT2D eigenvalue weighted by atomic mass is 32.2. The molecule has 0 fully saturated rings. The molecule has 0 saturated carbocycles. The molecule has 0 unspecified atom stereocenters. The van der Waals surface area contributed by atoms with E-state index < -0.39 is 27.6 Å². The number of sulfonamides is 1. The van der Waals surface area contributed by atoms with Crippen molar-refractivity contribution in [3.8, 4) is 0 Å². The van der Waals surface area contributed by atoms with Crippen LogP contribution in [-0.4, -0.2) is 48.5 Å². The molecule has 3 N–H and O–H groups in total. The number of nitrogens with one attached hydrogen (secondary N) is 2. The van der Waals surface area contributed by atoms with Crippen molar-refractivity contribution in [1.82, 2.24) is 9.62 Å². The Bertz CT molecular complexity index is 803. The van der Waals surface area contributed by atoms with Crippen LogP contribution in [0.2, 0.25) is 0 Å². The fourth-order valence-corrected chi connectivity index (χ4v) is 3.68. The summed E-state index contributed by atoms with van der Waals surface area (Å²) in [6.07, 6.45) is 0.198. The Hall–Kier alpha value is -2.13. The molecule has 27 heavy (non-hydrogen) atoms. The first kappa shape index (κ1) is 22.9. The van der Waals surface area contributed by atoms with E-state index in [1.54, 1.807) is 40.7 Å². The van der Waals surface area contributed by atoms with Gasteiger partial charge in [-0.2, -0.15) is 4.31 Å². The van der Waals surface area contributed by atoms with E-state index in [2.05, 4.69) is 10.6 Å². The summed E-state index contributed by atoms with van der Waals surface area (Å²) >= 11 is 0. The van der Waals surface area contributed by atoms with Gasteiger partial charge in [-0.25, -0.2) is 13.2 Å². The van der Waals surface area contributed by atoms with E-state index in [1.807, 2.05) is 0 Å². The first-order chi connectivity index (χ1) is 12.3. The van der Waals surface area contributed by atoms with E-state index in [9.17, 15) is 18.0 Å². The highest BCUT2D eigenvalue weighted by Gasteiger charge is 2.25. The Labute approximate surface area is 161 Å². The molecule has 0 atom stereocenters. The number of rotatable bonds is 8. The maximum Gasteiger partial charge on any atom is 0.319 e. The molecule has 0 aliphatic rings. The third kappa shape index (κ3) is 6.51. The summed E-state index contributed by atoms with van der Waals surface area (Å²) < 4.78 is 26.5. The largest absolute Gasteiger partial charge is 0.481 e. The normalized spacial score (nSPS) is 12.3. The van der Waals surface area contributed by atoms with E-state index in [0.717, 1.165) is 0 Å². The minimum Gasteiger partial charge on any atom is -0.481 e. The third-order valence-corrected chi connectivity index (χ3v) is 6.31. The average molecular weight is 400 g/mol. The monoisotopic (exact) mass is 399 g/mol. The molecule has 0 saturated heterocycles. The zero-order valence-electron chi connectivity index (χ0n) is 16.7. The summed E-state index contributed by atoms with van der Waals surface area (Å²) in [6, 6.07) is 3.83. The second-order valence-corrected chi connectivity index (χ2v) is 9.45. The number of hydrogen-bond donors (Lipinski definition) is 3. The Kier molecular flexibility index (Phi) is 7.39. The van der Waals surface area contributed by atoms with Gasteiger partial charge >= 0.3 is 12.0 Å². The summed E-state index contributed by atoms with van der Waals surface area (Å²) in [5.41, 5.74) is 0.359. The number of hydrogen-bond acceptors (Lipinski definition) is 4. The van der Waals surface area contributed by atoms with Gasteiger partial charge in [0.1, 0.15) is 0 Å². The fraction of sp³-hybridized carbons (Fsp3) is 0.556. The molecule has 0 aliphatic carbocycles. The molecule has 0 aromatic heterocycles. The van der Waals surface area contributed by atoms with Crippen LogP contribution < -0.4 is 10.6 Å². The number of nitrogens with zero attached hydrogens (tertiary/aromatic N) is 1. The second kappa shape index (κ2) is 8.71. The lowest BCUT2D eigenvalue weighted by molar-refractivity contribution is -0.137. The van der Waals surface area contributed by atoms with Gasteiger partial charge < -0.3 is 15.7 Å². The summed E-state index contributed by atoms with van der Waals surface area (Å²) in [6.45, 7) is 8.75. The predicted octanol–water partition coefficient (Wildman–Crippen LogP) is 2.79. The standard InChI is InChI=1S/C18H29N3O5S/c1-12(2)21(6)27(25,26)14-8-7-13(3)15(11-14)19-17(24)20-18(4,5)10-9-16(22)23/h7-8,11-12H,9-10H2,1-6H3,(H,22,23)(H2,19,20,24). The van der Waals surface area contributed by atoms with Crippen LogP contribution in [0.1, 0.15) is 46.1 Å². The van der Waals surface area contributed by atoms with E-state index in [0.29, 0.717) is 11.3 Å². The van der Waals surface area contributed by atoms with E-state index in [4.69, 9.17) is 5.11 Å². The molecule has 1 rings (SSSR count). The third-order valence-electron chi connectivity index (χ3n) is 4.28. The van der Waals surface area contributed by atoms with Crippen LogP contribution >= 0.6 is 0 Å². The maximum absolute atomic E-state index is 12.6. The number of anilines is 1. The van der Waals surface area contributed by atoms with Crippen LogP contribution in [0.25, 0.3) is 0 Å². The van der Waals surface area contributed by atoms with Crippen molar-refractivity contribution in [3.63, 3.8) is 0 Å². The summed E-state index contributed by atoms with van der Waals surface area (Å²) in [5.74, 6) is -0.937. The molecule has 0 heterocycles. The van der Waals surface area contributed by atoms with Gasteiger partial charge in [0.2, 0.25) is 10.0 Å². The van der Waals surface area contributed by atoms with Crippen molar-refractivity contribution in [3.05, 3.63) is 23.8 Å². The van der Waals surface area contributed by atoms with E-state index in [-0.39, 0.29) is 23.8 Å². The molecule has 0 spiro atoms. The van der Waals surface area contributed by atoms with Crippen LogP contribution in [0.5, 0.6) is 0 Å². The zero-order valence-corrected chi connectivity index (χ0v) is 17.5. The van der Waals surface area contributed by atoms with E-state index in [1.165, 1.54) is 23.5 Å². The zero-order chi connectivity index (χ0) is 21.0. The number of amides is 2. The van der Waals surface area contributed by atoms with Gasteiger partial charge in [-0.15, -0.1) is 0 Å². The molecule has 8 nitrogen and oxygen atoms in total. The molecule has 2 amide bonds. The SMILES string of the molecule is Cc1ccc(S(=O)(=O)N(C)C(C)C)cc1NC(=O)NC(C)(C)CCC(=O)O. The Morgan fingerprint density at radius 2 is 1.85 bits per heavy atom. The summed E-state index contributed by atoms with van der Waals surface area (Å²) in [5, 5.41) is 14.2. The average Bonchev–Trinajstić information content (AvgIpc) is 2.53. The molecule has 0 radical (unpaired) electrons. The molecule has 1 aromatic rings. The molecule has 0 aliphatic heterocycles. The molecule has 9 heteroatoms. The molecular weight excluding hydrogens is 370 g/mol. The predicted molar refractivity (Wildman–Crippen MR) is 104 cm³/mol. The Morgan fingerprint density at radius 3 is 2.37 bits per heavy atom. The van der Waals surface area contributed by atoms with Crippen molar-refractivity contribution in [2.45, 2.75) is 63.9 Å². The lowest BCUT2D eigenvalue weighted by atomic mass is 9.99. The maximum atomic E-state index is 12.6. The number of urea groups is 1. The number of carboxylic acid groups (broad SMARTS) is 1. The number of aliphatic carboxylic acids is 1. The van der Waals surface area contributed by atoms with E-state index >= 15 is 0 Å². The minimum atomic E-state index is -3.67. The van der Waals surface area contributed by atoms with Crippen molar-refractivity contribution >= 4 is 27.7 Å².